The molecule has 0 heterocycles. The van der Waals surface area contributed by atoms with Gasteiger partial charge in [-0.05, 0) is 38.5 Å². The Morgan fingerprint density at radius 3 is 2.31 bits per heavy atom. The molecule has 1 rings (SSSR count). The molecule has 1 fully saturated rings. The van der Waals surface area contributed by atoms with Crippen molar-refractivity contribution >= 4 is 18.3 Å². The molecule has 0 aromatic rings. The summed E-state index contributed by atoms with van der Waals surface area (Å²) in [5, 5.41) is 0. The Balaban J connectivity index is 0.00000225. The summed E-state index contributed by atoms with van der Waals surface area (Å²) in [4.78, 5) is 13.9. The number of nitrogens with two attached hydrogens (primary N) is 1. The van der Waals surface area contributed by atoms with Crippen molar-refractivity contribution in [3.05, 3.63) is 0 Å². The number of nitrogens with zero attached hydrogens (tertiary/aromatic N) is 1. The third kappa shape index (κ3) is 3.95. The third-order valence-corrected chi connectivity index (χ3v) is 3.37. The van der Waals surface area contributed by atoms with Crippen molar-refractivity contribution in [1.29, 1.82) is 0 Å². The van der Waals surface area contributed by atoms with Crippen molar-refractivity contribution in [3.8, 4) is 0 Å². The Kier molecular flexibility index (Phi) is 6.34. The first kappa shape index (κ1) is 15.7. The van der Waals surface area contributed by atoms with Crippen molar-refractivity contribution in [2.24, 2.45) is 17.6 Å². The summed E-state index contributed by atoms with van der Waals surface area (Å²) < 4.78 is 0. The van der Waals surface area contributed by atoms with Gasteiger partial charge in [0.1, 0.15) is 0 Å². The first-order valence-corrected chi connectivity index (χ1v) is 6.03. The van der Waals surface area contributed by atoms with Crippen LogP contribution in [0.5, 0.6) is 0 Å². The largest absolute Gasteiger partial charge is 0.339 e. The van der Waals surface area contributed by atoms with Gasteiger partial charge < -0.3 is 10.6 Å². The van der Waals surface area contributed by atoms with Gasteiger partial charge in [-0.3, -0.25) is 4.79 Å². The van der Waals surface area contributed by atoms with Crippen molar-refractivity contribution < 1.29 is 4.79 Å². The SMILES string of the molecule is CC[C@H](N)C(=O)N(CC1CC1C)C(C)C.Cl. The predicted molar refractivity (Wildman–Crippen MR) is 69.6 cm³/mol. The molecule has 0 aliphatic heterocycles. The number of hydrogen-bond donors (Lipinski definition) is 1. The zero-order chi connectivity index (χ0) is 11.6. The Morgan fingerprint density at radius 1 is 1.50 bits per heavy atom. The monoisotopic (exact) mass is 248 g/mol. The number of rotatable bonds is 5. The fourth-order valence-electron chi connectivity index (χ4n) is 1.85. The molecule has 4 heteroatoms. The van der Waals surface area contributed by atoms with E-state index in [0.29, 0.717) is 5.92 Å². The lowest BCUT2D eigenvalue weighted by atomic mass is 10.1. The van der Waals surface area contributed by atoms with Gasteiger partial charge in [0, 0.05) is 12.6 Å². The predicted octanol–water partition coefficient (Wildman–Crippen LogP) is 2.04. The maximum atomic E-state index is 12.0. The van der Waals surface area contributed by atoms with Crippen molar-refractivity contribution in [1.82, 2.24) is 4.90 Å². The number of amides is 1. The number of carbonyl (C=O) groups excluding carboxylic acids is 1. The molecule has 0 aromatic carbocycles. The van der Waals surface area contributed by atoms with Crippen LogP contribution in [0.3, 0.4) is 0 Å². The average Bonchev–Trinajstić information content (AvgIpc) is 2.88. The first-order chi connectivity index (χ1) is 6.97. The smallest absolute Gasteiger partial charge is 0.239 e. The highest BCUT2D eigenvalue weighted by molar-refractivity contribution is 5.85. The second-order valence-electron chi connectivity index (χ2n) is 5.07. The normalized spacial score (nSPS) is 24.9. The van der Waals surface area contributed by atoms with Crippen LogP contribution in [-0.4, -0.2) is 29.4 Å². The number of halogens is 1. The van der Waals surface area contributed by atoms with Crippen LogP contribution in [0.2, 0.25) is 0 Å². The van der Waals surface area contributed by atoms with Gasteiger partial charge in [0.25, 0.3) is 0 Å². The summed E-state index contributed by atoms with van der Waals surface area (Å²) in [7, 11) is 0. The number of carbonyl (C=O) groups is 1. The summed E-state index contributed by atoms with van der Waals surface area (Å²) in [5.41, 5.74) is 5.79. The van der Waals surface area contributed by atoms with E-state index in [-0.39, 0.29) is 30.4 Å². The highest BCUT2D eigenvalue weighted by atomic mass is 35.5. The van der Waals surface area contributed by atoms with E-state index in [1.807, 2.05) is 11.8 Å². The zero-order valence-electron chi connectivity index (χ0n) is 10.8. The van der Waals surface area contributed by atoms with Crippen LogP contribution < -0.4 is 5.73 Å². The van der Waals surface area contributed by atoms with Gasteiger partial charge in [-0.1, -0.05) is 13.8 Å². The van der Waals surface area contributed by atoms with E-state index in [1.165, 1.54) is 6.42 Å². The van der Waals surface area contributed by atoms with E-state index >= 15 is 0 Å². The van der Waals surface area contributed by atoms with Gasteiger partial charge in [-0.25, -0.2) is 0 Å². The molecule has 3 nitrogen and oxygen atoms in total. The average molecular weight is 249 g/mol. The minimum Gasteiger partial charge on any atom is -0.339 e. The fourth-order valence-corrected chi connectivity index (χ4v) is 1.85. The highest BCUT2D eigenvalue weighted by Crippen LogP contribution is 2.38. The molecule has 0 aromatic heterocycles. The van der Waals surface area contributed by atoms with Crippen LogP contribution in [0.4, 0.5) is 0 Å². The van der Waals surface area contributed by atoms with Crippen molar-refractivity contribution in [2.45, 2.75) is 52.6 Å². The molecule has 2 N–H and O–H groups in total. The molecule has 1 aliphatic carbocycles. The lowest BCUT2D eigenvalue weighted by molar-refractivity contribution is -0.134. The van der Waals surface area contributed by atoms with Gasteiger partial charge in [0.15, 0.2) is 0 Å². The molecule has 0 saturated heterocycles. The van der Waals surface area contributed by atoms with E-state index in [4.69, 9.17) is 5.73 Å². The minimum atomic E-state index is -0.318. The van der Waals surface area contributed by atoms with Crippen molar-refractivity contribution in [2.75, 3.05) is 6.54 Å². The quantitative estimate of drug-likeness (QED) is 0.810. The fraction of sp³-hybridized carbons (Fsp3) is 0.917. The Morgan fingerprint density at radius 2 is 2.00 bits per heavy atom. The lowest BCUT2D eigenvalue weighted by Crippen LogP contribution is -2.47. The maximum Gasteiger partial charge on any atom is 0.239 e. The third-order valence-electron chi connectivity index (χ3n) is 3.37. The summed E-state index contributed by atoms with van der Waals surface area (Å²) in [6, 6.07) is -0.0515. The summed E-state index contributed by atoms with van der Waals surface area (Å²) in [5.74, 6) is 1.61. The standard InChI is InChI=1S/C12H24N2O.ClH/c1-5-11(13)12(15)14(8(2)3)7-10-6-9(10)4;/h8-11H,5-7,13H2,1-4H3;1H/t9?,10?,11-;/m0./s1. The molecular formula is C12H25ClN2O. The van der Waals surface area contributed by atoms with E-state index in [1.54, 1.807) is 0 Å². The molecule has 0 bridgehead atoms. The van der Waals surface area contributed by atoms with Crippen LogP contribution in [-0.2, 0) is 4.79 Å². The Labute approximate surface area is 105 Å². The second-order valence-corrected chi connectivity index (χ2v) is 5.07. The molecule has 1 aliphatic rings. The van der Waals surface area contributed by atoms with Crippen LogP contribution in [0.1, 0.15) is 40.5 Å². The molecular weight excluding hydrogens is 224 g/mol. The topological polar surface area (TPSA) is 46.3 Å². The summed E-state index contributed by atoms with van der Waals surface area (Å²) in [6.07, 6.45) is 1.99. The van der Waals surface area contributed by atoms with Gasteiger partial charge >= 0.3 is 0 Å². The van der Waals surface area contributed by atoms with E-state index in [0.717, 1.165) is 18.9 Å². The summed E-state index contributed by atoms with van der Waals surface area (Å²) >= 11 is 0. The molecule has 0 radical (unpaired) electrons. The van der Waals surface area contributed by atoms with E-state index < -0.39 is 0 Å². The van der Waals surface area contributed by atoms with Crippen LogP contribution >= 0.6 is 12.4 Å². The summed E-state index contributed by atoms with van der Waals surface area (Å²) in [6.45, 7) is 9.22. The zero-order valence-corrected chi connectivity index (χ0v) is 11.6. The van der Waals surface area contributed by atoms with Gasteiger partial charge in [-0.2, -0.15) is 0 Å². The van der Waals surface area contributed by atoms with E-state index in [9.17, 15) is 4.79 Å². The van der Waals surface area contributed by atoms with Crippen LogP contribution in [0.15, 0.2) is 0 Å². The molecule has 1 amide bonds. The van der Waals surface area contributed by atoms with Crippen LogP contribution in [0, 0.1) is 11.8 Å². The van der Waals surface area contributed by atoms with Gasteiger partial charge in [-0.15, -0.1) is 12.4 Å². The molecule has 96 valence electrons. The van der Waals surface area contributed by atoms with Gasteiger partial charge in [0.2, 0.25) is 5.91 Å². The molecule has 0 spiro atoms. The first-order valence-electron chi connectivity index (χ1n) is 6.03. The highest BCUT2D eigenvalue weighted by Gasteiger charge is 2.36. The van der Waals surface area contributed by atoms with Gasteiger partial charge in [0.05, 0.1) is 6.04 Å². The Hall–Kier alpha value is -0.280. The second kappa shape index (κ2) is 6.45. The minimum absolute atomic E-state index is 0. The lowest BCUT2D eigenvalue weighted by Gasteiger charge is -2.29. The Bertz CT molecular complexity index is 233. The molecule has 1 saturated carbocycles. The molecule has 3 atom stereocenters. The van der Waals surface area contributed by atoms with E-state index in [2.05, 4.69) is 20.8 Å². The van der Waals surface area contributed by atoms with Crippen LogP contribution in [0.25, 0.3) is 0 Å². The number of hydrogen-bond acceptors (Lipinski definition) is 2. The molecule has 16 heavy (non-hydrogen) atoms. The molecule has 2 unspecified atom stereocenters. The maximum absolute atomic E-state index is 12.0. The van der Waals surface area contributed by atoms with Crippen molar-refractivity contribution in [3.63, 3.8) is 0 Å².